The predicted molar refractivity (Wildman–Crippen MR) is 80.5 cm³/mol. The average Bonchev–Trinajstić information content (AvgIpc) is 2.99. The number of pyridine rings is 1. The normalized spacial score (nSPS) is 10.9. The summed E-state index contributed by atoms with van der Waals surface area (Å²) >= 11 is 6.02. The topological polar surface area (TPSA) is 104 Å². The number of esters is 1. The smallest absolute Gasteiger partial charge is 0.358 e. The van der Waals surface area contributed by atoms with Gasteiger partial charge in [-0.15, -0.1) is 0 Å². The maximum absolute atomic E-state index is 11.8. The minimum Gasteiger partial charge on any atom is -0.464 e. The Morgan fingerprint density at radius 3 is 2.86 bits per heavy atom. The highest BCUT2D eigenvalue weighted by Gasteiger charge is 2.19. The van der Waals surface area contributed by atoms with E-state index in [-0.39, 0.29) is 16.4 Å². The highest BCUT2D eigenvalue weighted by atomic mass is 35.5. The lowest BCUT2D eigenvalue weighted by Gasteiger charge is -2.10. The molecule has 7 nitrogen and oxygen atoms in total. The van der Waals surface area contributed by atoms with E-state index in [0.717, 1.165) is 11.1 Å². The van der Waals surface area contributed by atoms with Crippen molar-refractivity contribution in [1.29, 1.82) is 0 Å². The molecular weight excluding hydrogens is 308 g/mol. The lowest BCUT2D eigenvalue weighted by molar-refractivity contribution is 0.0594. The van der Waals surface area contributed by atoms with Crippen molar-refractivity contribution in [3.8, 4) is 11.3 Å². The van der Waals surface area contributed by atoms with Gasteiger partial charge in [0.15, 0.2) is 5.69 Å². The second-order valence-corrected chi connectivity index (χ2v) is 5.00. The molecule has 0 unspecified atom stereocenters. The van der Waals surface area contributed by atoms with E-state index in [4.69, 9.17) is 22.0 Å². The predicted octanol–water partition coefficient (Wildman–Crippen LogP) is 2.62. The molecule has 0 aliphatic carbocycles. The molecule has 0 amide bonds. The number of carbonyl (C=O) groups excluding carboxylic acids is 1. The number of rotatable bonds is 2. The van der Waals surface area contributed by atoms with Gasteiger partial charge in [-0.25, -0.2) is 14.4 Å². The standard InChI is InChI=1S/C14H11ClN4O3/c1-6-7(3-4-9-12(6)19-22-18-9)10-5-8(16)11(15)13(17-10)14(20)21-2/h3-5H,1-2H3,(H2,16,17). The van der Waals surface area contributed by atoms with Gasteiger partial charge in [-0.05, 0) is 34.9 Å². The van der Waals surface area contributed by atoms with E-state index in [1.54, 1.807) is 18.2 Å². The van der Waals surface area contributed by atoms with Crippen LogP contribution in [0.5, 0.6) is 0 Å². The quantitative estimate of drug-likeness (QED) is 0.724. The Kier molecular flexibility index (Phi) is 3.42. The van der Waals surface area contributed by atoms with Crippen molar-refractivity contribution >= 4 is 34.3 Å². The number of ether oxygens (including phenoxy) is 1. The van der Waals surface area contributed by atoms with Crippen LogP contribution in [0.3, 0.4) is 0 Å². The van der Waals surface area contributed by atoms with Gasteiger partial charge < -0.3 is 10.5 Å². The number of nitrogens with zero attached hydrogens (tertiary/aromatic N) is 3. The summed E-state index contributed by atoms with van der Waals surface area (Å²) in [6.45, 7) is 1.85. The summed E-state index contributed by atoms with van der Waals surface area (Å²) in [5.74, 6) is -0.652. The van der Waals surface area contributed by atoms with Gasteiger partial charge in [0.1, 0.15) is 11.0 Å². The van der Waals surface area contributed by atoms with E-state index < -0.39 is 5.97 Å². The SMILES string of the molecule is COC(=O)c1nc(-c2ccc3nonc3c2C)cc(N)c1Cl. The van der Waals surface area contributed by atoms with Crippen LogP contribution in [0.4, 0.5) is 5.69 Å². The largest absolute Gasteiger partial charge is 0.464 e. The average molecular weight is 319 g/mol. The summed E-state index contributed by atoms with van der Waals surface area (Å²) in [5.41, 5.74) is 9.38. The van der Waals surface area contributed by atoms with Gasteiger partial charge in [0.25, 0.3) is 0 Å². The van der Waals surface area contributed by atoms with Gasteiger partial charge in [-0.1, -0.05) is 17.7 Å². The van der Waals surface area contributed by atoms with Crippen molar-refractivity contribution < 1.29 is 14.2 Å². The van der Waals surface area contributed by atoms with Crippen LogP contribution in [-0.4, -0.2) is 28.4 Å². The summed E-state index contributed by atoms with van der Waals surface area (Å²) in [7, 11) is 1.25. The van der Waals surface area contributed by atoms with Crippen LogP contribution < -0.4 is 5.73 Å². The van der Waals surface area contributed by atoms with Gasteiger partial charge >= 0.3 is 5.97 Å². The Balaban J connectivity index is 2.24. The molecule has 0 bridgehead atoms. The number of hydrogen-bond donors (Lipinski definition) is 1. The summed E-state index contributed by atoms with van der Waals surface area (Å²) in [4.78, 5) is 16.0. The first-order chi connectivity index (χ1) is 10.5. The lowest BCUT2D eigenvalue weighted by Crippen LogP contribution is -2.08. The van der Waals surface area contributed by atoms with E-state index in [0.29, 0.717) is 16.7 Å². The fourth-order valence-electron chi connectivity index (χ4n) is 2.18. The van der Waals surface area contributed by atoms with Crippen molar-refractivity contribution in [3.63, 3.8) is 0 Å². The first-order valence-corrected chi connectivity index (χ1v) is 6.67. The molecule has 1 aromatic carbocycles. The molecular formula is C14H11ClN4O3. The first-order valence-electron chi connectivity index (χ1n) is 6.29. The number of aryl methyl sites for hydroxylation is 1. The van der Waals surface area contributed by atoms with Crippen molar-refractivity contribution in [3.05, 3.63) is 34.5 Å². The zero-order valence-electron chi connectivity index (χ0n) is 11.8. The van der Waals surface area contributed by atoms with Crippen molar-refractivity contribution in [2.75, 3.05) is 12.8 Å². The number of aromatic nitrogens is 3. The molecule has 0 radical (unpaired) electrons. The van der Waals surface area contributed by atoms with Gasteiger partial charge in [0.2, 0.25) is 0 Å². The monoisotopic (exact) mass is 318 g/mol. The van der Waals surface area contributed by atoms with E-state index in [1.807, 2.05) is 6.92 Å². The molecule has 3 aromatic rings. The number of carbonyl (C=O) groups is 1. The Hall–Kier alpha value is -2.67. The second-order valence-electron chi connectivity index (χ2n) is 4.62. The molecule has 112 valence electrons. The number of halogens is 1. The third-order valence-electron chi connectivity index (χ3n) is 3.32. The van der Waals surface area contributed by atoms with Crippen molar-refractivity contribution in [1.82, 2.24) is 15.3 Å². The maximum Gasteiger partial charge on any atom is 0.358 e. The Labute approximate surface area is 130 Å². The van der Waals surface area contributed by atoms with E-state index >= 15 is 0 Å². The first kappa shape index (κ1) is 14.3. The number of methoxy groups -OCH3 is 1. The maximum atomic E-state index is 11.8. The number of hydrogen-bond acceptors (Lipinski definition) is 7. The third kappa shape index (κ3) is 2.15. The molecule has 0 spiro atoms. The van der Waals surface area contributed by atoms with Gasteiger partial charge in [0, 0.05) is 5.56 Å². The molecule has 0 aliphatic heterocycles. The van der Waals surface area contributed by atoms with Gasteiger partial charge in [-0.2, -0.15) is 0 Å². The van der Waals surface area contributed by atoms with Crippen molar-refractivity contribution in [2.45, 2.75) is 6.92 Å². The van der Waals surface area contributed by atoms with Crippen LogP contribution in [-0.2, 0) is 4.74 Å². The van der Waals surface area contributed by atoms with Crippen LogP contribution in [0, 0.1) is 6.92 Å². The molecule has 22 heavy (non-hydrogen) atoms. The van der Waals surface area contributed by atoms with E-state index in [9.17, 15) is 4.79 Å². The molecule has 0 saturated carbocycles. The minimum atomic E-state index is -0.652. The molecule has 0 aliphatic rings. The number of nitrogens with two attached hydrogens (primary N) is 1. The fourth-order valence-corrected chi connectivity index (χ4v) is 2.35. The molecule has 2 heterocycles. The molecule has 3 rings (SSSR count). The highest BCUT2D eigenvalue weighted by Crippen LogP contribution is 2.32. The summed E-state index contributed by atoms with van der Waals surface area (Å²) < 4.78 is 9.39. The number of fused-ring (bicyclic) bond motifs is 1. The Bertz CT molecular complexity index is 891. The summed E-state index contributed by atoms with van der Waals surface area (Å²) in [6, 6.07) is 5.15. The molecule has 2 N–H and O–H groups in total. The Morgan fingerprint density at radius 2 is 2.14 bits per heavy atom. The highest BCUT2D eigenvalue weighted by molar-refractivity contribution is 6.35. The third-order valence-corrected chi connectivity index (χ3v) is 3.72. The van der Waals surface area contributed by atoms with Crippen LogP contribution in [0.15, 0.2) is 22.8 Å². The van der Waals surface area contributed by atoms with Crippen LogP contribution in [0.25, 0.3) is 22.3 Å². The number of nitrogen functional groups attached to an aromatic ring is 1. The molecule has 8 heteroatoms. The van der Waals surface area contributed by atoms with Crippen LogP contribution in [0.2, 0.25) is 5.02 Å². The summed E-state index contributed by atoms with van der Waals surface area (Å²) in [6.07, 6.45) is 0. The second kappa shape index (κ2) is 5.27. The zero-order valence-corrected chi connectivity index (χ0v) is 12.5. The zero-order chi connectivity index (χ0) is 15.9. The van der Waals surface area contributed by atoms with Crippen LogP contribution >= 0.6 is 11.6 Å². The molecule has 0 fully saturated rings. The van der Waals surface area contributed by atoms with Gasteiger partial charge in [0.05, 0.1) is 23.5 Å². The van der Waals surface area contributed by atoms with E-state index in [1.165, 1.54) is 7.11 Å². The minimum absolute atomic E-state index is 0.0306. The lowest BCUT2D eigenvalue weighted by atomic mass is 10.0. The fraction of sp³-hybridized carbons (Fsp3) is 0.143. The van der Waals surface area contributed by atoms with Gasteiger partial charge in [-0.3, -0.25) is 0 Å². The van der Waals surface area contributed by atoms with Crippen molar-refractivity contribution in [2.24, 2.45) is 0 Å². The van der Waals surface area contributed by atoms with Crippen LogP contribution in [0.1, 0.15) is 16.1 Å². The molecule has 2 aromatic heterocycles. The number of anilines is 1. The molecule has 0 saturated heterocycles. The summed E-state index contributed by atoms with van der Waals surface area (Å²) in [5, 5.41) is 7.70. The Morgan fingerprint density at radius 1 is 1.36 bits per heavy atom. The number of benzene rings is 1. The molecule has 0 atom stereocenters. The van der Waals surface area contributed by atoms with E-state index in [2.05, 4.69) is 20.0 Å².